The van der Waals surface area contributed by atoms with Gasteiger partial charge in [0.15, 0.2) is 0 Å². The second kappa shape index (κ2) is 3.66. The molecule has 1 rings (SSSR count). The predicted molar refractivity (Wildman–Crippen MR) is 55.3 cm³/mol. The van der Waals surface area contributed by atoms with Crippen LogP contribution in [0.2, 0.25) is 0 Å². The van der Waals surface area contributed by atoms with E-state index in [1.807, 2.05) is 0 Å². The first-order valence-electron chi connectivity index (χ1n) is 4.59. The van der Waals surface area contributed by atoms with E-state index in [9.17, 15) is 0 Å². The minimum atomic E-state index is 0.627. The molecule has 68 valence electrons. The highest BCUT2D eigenvalue weighted by molar-refractivity contribution is 6.29. The summed E-state index contributed by atoms with van der Waals surface area (Å²) in [5, 5.41) is 1.00. The van der Waals surface area contributed by atoms with Crippen molar-refractivity contribution < 1.29 is 0 Å². The van der Waals surface area contributed by atoms with Gasteiger partial charge in [-0.3, -0.25) is 0 Å². The first-order valence-corrected chi connectivity index (χ1v) is 4.97. The van der Waals surface area contributed by atoms with E-state index in [2.05, 4.69) is 33.8 Å². The Morgan fingerprint density at radius 3 is 2.50 bits per heavy atom. The van der Waals surface area contributed by atoms with Crippen LogP contribution in [0, 0.1) is 11.8 Å². The van der Waals surface area contributed by atoms with Gasteiger partial charge in [-0.25, -0.2) is 0 Å². The SMILES string of the molecule is CC1=C(C(C)C)C(C)CC(Cl)=C1. The number of hydrogen-bond acceptors (Lipinski definition) is 0. The van der Waals surface area contributed by atoms with Crippen molar-refractivity contribution in [2.24, 2.45) is 11.8 Å². The molecule has 0 aromatic carbocycles. The zero-order valence-corrected chi connectivity index (χ0v) is 9.07. The van der Waals surface area contributed by atoms with Crippen LogP contribution in [0.25, 0.3) is 0 Å². The van der Waals surface area contributed by atoms with Crippen LogP contribution in [-0.2, 0) is 0 Å². The number of rotatable bonds is 1. The number of allylic oxidation sites excluding steroid dienone is 4. The van der Waals surface area contributed by atoms with E-state index in [4.69, 9.17) is 11.6 Å². The molecule has 0 fully saturated rings. The fourth-order valence-electron chi connectivity index (χ4n) is 2.19. The molecule has 0 heterocycles. The summed E-state index contributed by atoms with van der Waals surface area (Å²) in [5.74, 6) is 1.28. The minimum Gasteiger partial charge on any atom is -0.0891 e. The Labute approximate surface area is 80.3 Å². The van der Waals surface area contributed by atoms with Crippen LogP contribution in [0.4, 0.5) is 0 Å². The van der Waals surface area contributed by atoms with Crippen molar-refractivity contribution in [3.8, 4) is 0 Å². The van der Waals surface area contributed by atoms with Crippen LogP contribution in [-0.4, -0.2) is 0 Å². The molecule has 1 heteroatoms. The lowest BCUT2D eigenvalue weighted by molar-refractivity contribution is 0.571. The Morgan fingerprint density at radius 2 is 2.08 bits per heavy atom. The largest absolute Gasteiger partial charge is 0.0891 e. The Morgan fingerprint density at radius 1 is 1.50 bits per heavy atom. The van der Waals surface area contributed by atoms with Crippen molar-refractivity contribution in [3.05, 3.63) is 22.3 Å². The van der Waals surface area contributed by atoms with Crippen molar-refractivity contribution >= 4 is 11.6 Å². The Kier molecular flexibility index (Phi) is 3.00. The first kappa shape index (κ1) is 9.85. The fourth-order valence-corrected chi connectivity index (χ4v) is 2.59. The van der Waals surface area contributed by atoms with Gasteiger partial charge in [0.2, 0.25) is 0 Å². The molecular weight excluding hydrogens is 168 g/mol. The van der Waals surface area contributed by atoms with Gasteiger partial charge in [0.05, 0.1) is 0 Å². The smallest absolute Gasteiger partial charge is 0.0189 e. The third-order valence-electron chi connectivity index (χ3n) is 2.48. The highest BCUT2D eigenvalue weighted by Crippen LogP contribution is 2.34. The molecule has 0 aliphatic heterocycles. The Hall–Kier alpha value is -0.230. The second-order valence-corrected chi connectivity index (χ2v) is 4.47. The molecule has 1 aliphatic carbocycles. The molecule has 0 N–H and O–H groups in total. The number of hydrogen-bond donors (Lipinski definition) is 0. The van der Waals surface area contributed by atoms with Crippen LogP contribution in [0.15, 0.2) is 22.3 Å². The third kappa shape index (κ3) is 1.92. The van der Waals surface area contributed by atoms with Crippen LogP contribution in [0.3, 0.4) is 0 Å². The molecule has 0 aromatic rings. The summed E-state index contributed by atoms with van der Waals surface area (Å²) in [6.45, 7) is 8.92. The lowest BCUT2D eigenvalue weighted by atomic mass is 9.82. The maximum atomic E-state index is 6.00. The van der Waals surface area contributed by atoms with E-state index in [0.717, 1.165) is 11.5 Å². The molecule has 1 aliphatic rings. The van der Waals surface area contributed by atoms with E-state index in [0.29, 0.717) is 11.8 Å². The lowest BCUT2D eigenvalue weighted by Gasteiger charge is -2.25. The van der Waals surface area contributed by atoms with Gasteiger partial charge in [-0.2, -0.15) is 0 Å². The summed E-state index contributed by atoms with van der Waals surface area (Å²) in [4.78, 5) is 0. The van der Waals surface area contributed by atoms with Gasteiger partial charge in [-0.15, -0.1) is 0 Å². The van der Waals surface area contributed by atoms with Gasteiger partial charge in [0.1, 0.15) is 0 Å². The van der Waals surface area contributed by atoms with E-state index < -0.39 is 0 Å². The molecule has 12 heavy (non-hydrogen) atoms. The van der Waals surface area contributed by atoms with Crippen LogP contribution in [0.1, 0.15) is 34.1 Å². The molecule has 0 bridgehead atoms. The highest BCUT2D eigenvalue weighted by Gasteiger charge is 2.19. The average Bonchev–Trinajstić information content (AvgIpc) is 1.82. The standard InChI is InChI=1S/C11H17Cl/c1-7(2)11-8(3)5-10(12)6-9(11)4/h5,7,9H,6H2,1-4H3. The summed E-state index contributed by atoms with van der Waals surface area (Å²) in [5.41, 5.74) is 2.94. The van der Waals surface area contributed by atoms with Crippen LogP contribution in [0.5, 0.6) is 0 Å². The van der Waals surface area contributed by atoms with Gasteiger partial charge in [0, 0.05) is 5.03 Å². The predicted octanol–water partition coefficient (Wildman–Crippen LogP) is 4.12. The van der Waals surface area contributed by atoms with Gasteiger partial charge in [0.25, 0.3) is 0 Å². The van der Waals surface area contributed by atoms with E-state index in [-0.39, 0.29) is 0 Å². The van der Waals surface area contributed by atoms with E-state index in [1.54, 1.807) is 5.57 Å². The normalized spacial score (nSPS) is 24.8. The third-order valence-corrected chi connectivity index (χ3v) is 2.75. The van der Waals surface area contributed by atoms with Crippen molar-refractivity contribution in [1.82, 2.24) is 0 Å². The molecule has 1 unspecified atom stereocenters. The average molecular weight is 185 g/mol. The molecule has 0 amide bonds. The maximum Gasteiger partial charge on any atom is 0.0189 e. The molecule has 0 nitrogen and oxygen atoms in total. The number of halogens is 1. The Balaban J connectivity index is 2.99. The van der Waals surface area contributed by atoms with Crippen molar-refractivity contribution in [1.29, 1.82) is 0 Å². The van der Waals surface area contributed by atoms with Crippen molar-refractivity contribution in [3.63, 3.8) is 0 Å². The van der Waals surface area contributed by atoms with Gasteiger partial charge < -0.3 is 0 Å². The van der Waals surface area contributed by atoms with Crippen LogP contribution < -0.4 is 0 Å². The van der Waals surface area contributed by atoms with Crippen molar-refractivity contribution in [2.45, 2.75) is 34.1 Å². The van der Waals surface area contributed by atoms with Crippen LogP contribution >= 0.6 is 11.6 Å². The highest BCUT2D eigenvalue weighted by atomic mass is 35.5. The topological polar surface area (TPSA) is 0 Å². The zero-order valence-electron chi connectivity index (χ0n) is 8.32. The summed E-state index contributed by atoms with van der Waals surface area (Å²) in [6.07, 6.45) is 3.13. The van der Waals surface area contributed by atoms with E-state index in [1.165, 1.54) is 5.57 Å². The van der Waals surface area contributed by atoms with E-state index >= 15 is 0 Å². The van der Waals surface area contributed by atoms with Crippen molar-refractivity contribution in [2.75, 3.05) is 0 Å². The monoisotopic (exact) mass is 184 g/mol. The summed E-state index contributed by atoms with van der Waals surface area (Å²) in [7, 11) is 0. The minimum absolute atomic E-state index is 0.627. The molecule has 1 atom stereocenters. The molecule has 0 aromatic heterocycles. The molecular formula is C11H17Cl. The molecule has 0 spiro atoms. The van der Waals surface area contributed by atoms with Gasteiger partial charge in [-0.1, -0.05) is 43.5 Å². The van der Waals surface area contributed by atoms with Gasteiger partial charge in [-0.05, 0) is 31.3 Å². The summed E-state index contributed by atoms with van der Waals surface area (Å²) in [6, 6.07) is 0. The first-order chi connectivity index (χ1) is 5.52. The maximum absolute atomic E-state index is 6.00. The Bertz CT molecular complexity index is 233. The lowest BCUT2D eigenvalue weighted by Crippen LogP contribution is -2.11. The fraction of sp³-hybridized carbons (Fsp3) is 0.636. The molecule has 0 radical (unpaired) electrons. The molecule has 0 saturated carbocycles. The van der Waals surface area contributed by atoms with Gasteiger partial charge >= 0.3 is 0 Å². The molecule has 0 saturated heterocycles. The second-order valence-electron chi connectivity index (χ2n) is 3.99. The summed E-state index contributed by atoms with van der Waals surface area (Å²) < 4.78 is 0. The quantitative estimate of drug-likeness (QED) is 0.575. The summed E-state index contributed by atoms with van der Waals surface area (Å²) >= 11 is 6.00. The zero-order chi connectivity index (χ0) is 9.30.